The molecule has 0 fully saturated rings. The SMILES string of the molecule is CCC1=C(CC)C2=NC1=C=C=c1[nH]/c(c(CC)c1CC)=C\C=C1/N=C(C#Cc3[nH]c(c(CC)c3CC)/C=C\2)C(CC)=C1CC. The highest BCUT2D eigenvalue weighted by atomic mass is 14.8. The Kier molecular flexibility index (Phi) is 9.61. The number of nitrogens with one attached hydrogen (secondary N) is 2. The van der Waals surface area contributed by atoms with Gasteiger partial charge in [0.15, 0.2) is 0 Å². The van der Waals surface area contributed by atoms with Crippen LogP contribution in [0.15, 0.2) is 61.6 Å². The first-order valence-electron chi connectivity index (χ1n) is 16.7. The normalized spacial score (nSPS) is 18.5. The molecular weight excluding hydrogens is 536 g/mol. The second-order valence-electron chi connectivity index (χ2n) is 11.3. The predicted molar refractivity (Wildman–Crippen MR) is 187 cm³/mol. The average Bonchev–Trinajstić information content (AvgIpc) is 3.77. The highest BCUT2D eigenvalue weighted by molar-refractivity contribution is 6.16. The highest BCUT2D eigenvalue weighted by Gasteiger charge is 2.22. The maximum Gasteiger partial charge on any atom is 0.117 e. The molecule has 226 valence electrons. The van der Waals surface area contributed by atoms with Gasteiger partial charge in [-0.25, -0.2) is 9.98 Å². The van der Waals surface area contributed by atoms with Crippen molar-refractivity contribution in [3.8, 4) is 11.8 Å². The van der Waals surface area contributed by atoms with Gasteiger partial charge in [-0.2, -0.15) is 0 Å². The summed E-state index contributed by atoms with van der Waals surface area (Å²) in [6.45, 7) is 17.7. The summed E-state index contributed by atoms with van der Waals surface area (Å²) in [5.41, 5.74) is 23.2. The molecular formula is C40H46N4. The number of hydrogen-bond acceptors (Lipinski definition) is 2. The number of fused-ring (bicyclic) bond motifs is 6. The molecule has 2 aromatic heterocycles. The van der Waals surface area contributed by atoms with Crippen LogP contribution in [0, 0.1) is 11.8 Å². The zero-order valence-corrected chi connectivity index (χ0v) is 27.9. The minimum absolute atomic E-state index is 0.890. The van der Waals surface area contributed by atoms with E-state index in [0.29, 0.717) is 0 Å². The Morgan fingerprint density at radius 3 is 1.89 bits per heavy atom. The lowest BCUT2D eigenvalue weighted by Crippen LogP contribution is -2.10. The summed E-state index contributed by atoms with van der Waals surface area (Å²) in [6.07, 6.45) is 16.1. The average molecular weight is 583 g/mol. The van der Waals surface area contributed by atoms with Crippen molar-refractivity contribution in [2.45, 2.75) is 107 Å². The van der Waals surface area contributed by atoms with Crippen molar-refractivity contribution in [2.24, 2.45) is 9.98 Å². The van der Waals surface area contributed by atoms with E-state index in [-0.39, 0.29) is 0 Å². The van der Waals surface area contributed by atoms with Crippen molar-refractivity contribution in [3.63, 3.8) is 0 Å². The second kappa shape index (κ2) is 13.6. The molecule has 0 saturated carbocycles. The van der Waals surface area contributed by atoms with Crippen LogP contribution in [0.4, 0.5) is 0 Å². The summed E-state index contributed by atoms with van der Waals surface area (Å²) < 4.78 is 0. The molecule has 8 bridgehead atoms. The van der Waals surface area contributed by atoms with E-state index in [1.807, 2.05) is 0 Å². The molecule has 2 N–H and O–H groups in total. The van der Waals surface area contributed by atoms with Gasteiger partial charge >= 0.3 is 0 Å². The Hall–Kier alpha value is -4.28. The molecule has 0 radical (unpaired) electrons. The molecule has 0 aromatic carbocycles. The van der Waals surface area contributed by atoms with E-state index >= 15 is 0 Å². The van der Waals surface area contributed by atoms with Gasteiger partial charge in [-0.05, 0) is 144 Å². The number of hydrogen-bond donors (Lipinski definition) is 2. The number of rotatable bonds is 8. The van der Waals surface area contributed by atoms with Gasteiger partial charge in [0.25, 0.3) is 0 Å². The topological polar surface area (TPSA) is 56.3 Å². The molecule has 2 aromatic rings. The first-order valence-corrected chi connectivity index (χ1v) is 16.7. The van der Waals surface area contributed by atoms with Gasteiger partial charge in [0.05, 0.1) is 22.5 Å². The fourth-order valence-corrected chi connectivity index (χ4v) is 6.99. The van der Waals surface area contributed by atoms with Crippen molar-refractivity contribution in [1.82, 2.24) is 9.97 Å². The standard InChI is InChI=1S/C40H46N4/c1-9-25-26(10-2)34-19-20-36-29(13-5)30(14-6)38(43-36)23-24-40-32(16-8)31(15-7)39(44-40)22-21-37-28(12-4)27(11-3)35(42-37)18-17-33(25)41-34/h17-18,23-24,41,44H,9-16H2,1-8H3/b18-17-,24-23?,33-17?,35-18?,38-23-,40-24-. The van der Waals surface area contributed by atoms with Crippen molar-refractivity contribution in [2.75, 3.05) is 0 Å². The summed E-state index contributed by atoms with van der Waals surface area (Å²) in [5.74, 6) is 7.00. The molecule has 4 heteroatoms. The first-order chi connectivity index (χ1) is 21.5. The van der Waals surface area contributed by atoms with Crippen LogP contribution >= 0.6 is 0 Å². The maximum absolute atomic E-state index is 5.10. The zero-order valence-electron chi connectivity index (χ0n) is 27.9. The van der Waals surface area contributed by atoms with Gasteiger partial charge in [-0.15, -0.1) is 0 Å². The summed E-state index contributed by atoms with van der Waals surface area (Å²) >= 11 is 0. The zero-order chi connectivity index (χ0) is 31.4. The summed E-state index contributed by atoms with van der Waals surface area (Å²) in [7, 11) is 0. The van der Waals surface area contributed by atoms with Crippen LogP contribution in [0.5, 0.6) is 0 Å². The number of aliphatic imine (C=N–C) groups is 2. The van der Waals surface area contributed by atoms with Crippen molar-refractivity contribution < 1.29 is 0 Å². The van der Waals surface area contributed by atoms with Crippen molar-refractivity contribution in [1.29, 1.82) is 0 Å². The molecule has 4 nitrogen and oxygen atoms in total. The predicted octanol–water partition coefficient (Wildman–Crippen LogP) is 7.90. The van der Waals surface area contributed by atoms with Gasteiger partial charge in [-0.3, -0.25) is 0 Å². The molecule has 44 heavy (non-hydrogen) atoms. The number of aromatic nitrogens is 2. The third-order valence-electron chi connectivity index (χ3n) is 9.14. The molecule has 0 unspecified atom stereocenters. The lowest BCUT2D eigenvalue weighted by atomic mass is 9.99. The van der Waals surface area contributed by atoms with Gasteiger partial charge in [-0.1, -0.05) is 55.4 Å². The van der Waals surface area contributed by atoms with Crippen LogP contribution < -0.4 is 10.7 Å². The van der Waals surface area contributed by atoms with Gasteiger partial charge < -0.3 is 9.97 Å². The van der Waals surface area contributed by atoms with Crippen molar-refractivity contribution in [3.05, 3.63) is 95.9 Å². The summed E-state index contributed by atoms with van der Waals surface area (Å²) in [6, 6.07) is 0. The van der Waals surface area contributed by atoms with E-state index in [4.69, 9.17) is 9.98 Å². The maximum atomic E-state index is 5.10. The molecule has 0 atom stereocenters. The quantitative estimate of drug-likeness (QED) is 0.235. The lowest BCUT2D eigenvalue weighted by molar-refractivity contribution is 1.04. The number of H-pyrrole nitrogens is 2. The fourth-order valence-electron chi connectivity index (χ4n) is 6.99. The van der Waals surface area contributed by atoms with Crippen LogP contribution in [0.25, 0.3) is 17.9 Å². The first kappa shape index (κ1) is 31.2. The molecule has 5 heterocycles. The van der Waals surface area contributed by atoms with Gasteiger partial charge in [0.2, 0.25) is 0 Å². The monoisotopic (exact) mass is 582 g/mol. The van der Waals surface area contributed by atoms with Crippen LogP contribution in [0.2, 0.25) is 0 Å². The van der Waals surface area contributed by atoms with Crippen LogP contribution in [0.1, 0.15) is 115 Å². The highest BCUT2D eigenvalue weighted by Crippen LogP contribution is 2.32. The largest absolute Gasteiger partial charge is 0.348 e. The second-order valence-corrected chi connectivity index (χ2v) is 11.3. The third-order valence-corrected chi connectivity index (χ3v) is 9.14. The Labute approximate surface area is 263 Å². The molecule has 0 aliphatic carbocycles. The molecule has 5 rings (SSSR count). The van der Waals surface area contributed by atoms with Crippen LogP contribution in [-0.4, -0.2) is 21.4 Å². The Bertz CT molecular complexity index is 1950. The number of nitrogens with zero attached hydrogens (tertiary/aromatic N) is 2. The smallest absolute Gasteiger partial charge is 0.117 e. The Morgan fingerprint density at radius 2 is 1.25 bits per heavy atom. The minimum atomic E-state index is 0.890. The molecule has 3 aliphatic heterocycles. The molecule has 0 saturated heterocycles. The molecule has 0 amide bonds. The van der Waals surface area contributed by atoms with E-state index in [9.17, 15) is 0 Å². The summed E-state index contributed by atoms with van der Waals surface area (Å²) in [5, 5.41) is 2.10. The van der Waals surface area contributed by atoms with E-state index < -0.39 is 0 Å². The number of allylic oxidation sites excluding steroid dienone is 6. The minimum Gasteiger partial charge on any atom is -0.348 e. The Balaban J connectivity index is 1.88. The lowest BCUT2D eigenvalue weighted by Gasteiger charge is -2.03. The van der Waals surface area contributed by atoms with Crippen molar-refractivity contribution >= 4 is 29.3 Å². The van der Waals surface area contributed by atoms with E-state index in [2.05, 4.69) is 113 Å². The van der Waals surface area contributed by atoms with Gasteiger partial charge in [0.1, 0.15) is 11.4 Å². The van der Waals surface area contributed by atoms with Crippen LogP contribution in [-0.2, 0) is 25.7 Å². The summed E-state index contributed by atoms with van der Waals surface area (Å²) in [4.78, 5) is 17.5. The van der Waals surface area contributed by atoms with Gasteiger partial charge in [0, 0.05) is 11.0 Å². The Morgan fingerprint density at radius 1 is 0.568 bits per heavy atom. The fraction of sp³-hybridized carbons (Fsp3) is 0.400. The third kappa shape index (κ3) is 5.55. The van der Waals surface area contributed by atoms with Crippen LogP contribution in [0.3, 0.4) is 0 Å². The van der Waals surface area contributed by atoms with E-state index in [1.165, 1.54) is 44.5 Å². The number of aromatic amines is 2. The molecule has 0 spiro atoms. The van der Waals surface area contributed by atoms with E-state index in [1.54, 1.807) is 0 Å². The molecule has 3 aliphatic rings. The van der Waals surface area contributed by atoms with E-state index in [0.717, 1.165) is 96.3 Å².